The number of carbonyl (C=O) groups is 1. The predicted molar refractivity (Wildman–Crippen MR) is 159 cm³/mol. The van der Waals surface area contributed by atoms with E-state index >= 15 is 8.78 Å². The van der Waals surface area contributed by atoms with Gasteiger partial charge in [-0.2, -0.15) is 13.9 Å². The zero-order chi connectivity index (χ0) is 31.9. The molecule has 0 unspecified atom stereocenters. The molecule has 0 bridgehead atoms. The Bertz CT molecular complexity index is 2160. The molecule has 4 heterocycles. The van der Waals surface area contributed by atoms with Gasteiger partial charge in [-0.1, -0.05) is 6.07 Å². The molecule has 2 aromatic carbocycles. The lowest BCUT2D eigenvalue weighted by Gasteiger charge is -2.22. The number of alkyl halides is 4. The van der Waals surface area contributed by atoms with Crippen molar-refractivity contribution >= 4 is 49.1 Å². The van der Waals surface area contributed by atoms with E-state index in [2.05, 4.69) is 20.4 Å². The van der Waals surface area contributed by atoms with Crippen molar-refractivity contribution < 1.29 is 31.1 Å². The Balaban J connectivity index is 1.21. The second-order valence-electron chi connectivity index (χ2n) is 11.4. The molecule has 2 aliphatic carbocycles. The number of amides is 1. The Kier molecular flexibility index (Phi) is 6.69. The smallest absolute Gasteiger partial charge is 0.293 e. The van der Waals surface area contributed by atoms with E-state index in [9.17, 15) is 22.4 Å². The van der Waals surface area contributed by atoms with E-state index in [0.717, 1.165) is 33.1 Å². The van der Waals surface area contributed by atoms with Crippen molar-refractivity contribution in [3.05, 3.63) is 93.3 Å². The van der Waals surface area contributed by atoms with Crippen molar-refractivity contribution in [2.45, 2.75) is 43.7 Å². The molecular formula is C31H20F6N6OS2. The second-order valence-corrected chi connectivity index (χ2v) is 13.2. The molecule has 4 aromatic heterocycles. The maximum Gasteiger partial charge on any atom is 0.293 e. The van der Waals surface area contributed by atoms with Gasteiger partial charge in [-0.3, -0.25) is 9.48 Å². The van der Waals surface area contributed by atoms with Crippen LogP contribution in [0.3, 0.4) is 0 Å². The number of nitrogens with one attached hydrogen (secondary N) is 1. The van der Waals surface area contributed by atoms with Gasteiger partial charge in [-0.15, -0.1) is 22.7 Å². The molecule has 46 heavy (non-hydrogen) atoms. The standard InChI is InChI=1S/C31H20F6N6OS2/c32-15-3-13(4-16(33)7-15)5-21(40-24(44)10-43-28-25(27(42-43)29(34)35)18-8-19(18)31(28,36)37)26-17(9-23-30(41-26)39-12-46-23)14-1-2-22-20(6-14)38-11-45-22/h1-4,6-7,9,11-12,18-19,21,29H,5,8,10H2,(H,40,44)/t18-,19+,21-/m0/s1. The molecule has 1 N–H and O–H groups in total. The minimum Gasteiger partial charge on any atom is -0.346 e. The molecule has 8 rings (SSSR count). The maximum absolute atomic E-state index is 15.2. The molecule has 3 atom stereocenters. The zero-order valence-corrected chi connectivity index (χ0v) is 25.0. The van der Waals surface area contributed by atoms with Crippen molar-refractivity contribution in [3.8, 4) is 11.1 Å². The maximum atomic E-state index is 15.2. The lowest BCUT2D eigenvalue weighted by atomic mass is 9.95. The Morgan fingerprint density at radius 3 is 2.54 bits per heavy atom. The van der Waals surface area contributed by atoms with Gasteiger partial charge in [0.15, 0.2) is 5.65 Å². The first-order valence-corrected chi connectivity index (χ1v) is 15.9. The fourth-order valence-electron chi connectivity index (χ4n) is 6.47. The van der Waals surface area contributed by atoms with Crippen LogP contribution in [0, 0.1) is 17.6 Å². The minimum atomic E-state index is -3.41. The van der Waals surface area contributed by atoms with E-state index in [1.54, 1.807) is 11.0 Å². The number of rotatable bonds is 8. The average molecular weight is 671 g/mol. The molecule has 1 saturated carbocycles. The fraction of sp³-hybridized carbons (Fsp3) is 0.258. The van der Waals surface area contributed by atoms with Gasteiger partial charge >= 0.3 is 0 Å². The summed E-state index contributed by atoms with van der Waals surface area (Å²) in [7, 11) is 0. The van der Waals surface area contributed by atoms with Crippen molar-refractivity contribution in [2.75, 3.05) is 0 Å². The molecule has 15 heteroatoms. The first kappa shape index (κ1) is 29.1. The highest BCUT2D eigenvalue weighted by Gasteiger charge is 2.67. The van der Waals surface area contributed by atoms with Gasteiger partial charge in [0, 0.05) is 23.1 Å². The van der Waals surface area contributed by atoms with Gasteiger partial charge in [0.05, 0.1) is 37.7 Å². The fourth-order valence-corrected chi connectivity index (χ4v) is 7.78. The lowest BCUT2D eigenvalue weighted by molar-refractivity contribution is -0.123. The molecule has 0 radical (unpaired) electrons. The summed E-state index contributed by atoms with van der Waals surface area (Å²) in [6.07, 6.45) is -3.14. The molecule has 1 amide bonds. The molecule has 234 valence electrons. The number of fused-ring (bicyclic) bond motifs is 5. The van der Waals surface area contributed by atoms with Crippen LogP contribution in [0.1, 0.15) is 53.0 Å². The number of benzene rings is 2. The molecule has 6 aromatic rings. The van der Waals surface area contributed by atoms with Gasteiger partial charge < -0.3 is 5.32 Å². The van der Waals surface area contributed by atoms with Crippen molar-refractivity contribution in [1.29, 1.82) is 0 Å². The van der Waals surface area contributed by atoms with Crippen LogP contribution in [0.4, 0.5) is 26.3 Å². The van der Waals surface area contributed by atoms with Crippen LogP contribution in [0.15, 0.2) is 53.5 Å². The monoisotopic (exact) mass is 670 g/mol. The number of pyridine rings is 1. The summed E-state index contributed by atoms with van der Waals surface area (Å²) in [5.41, 5.74) is 4.60. The number of aromatic nitrogens is 5. The summed E-state index contributed by atoms with van der Waals surface area (Å²) in [6, 6.07) is 9.35. The summed E-state index contributed by atoms with van der Waals surface area (Å²) in [4.78, 5) is 27.0. The van der Waals surface area contributed by atoms with E-state index in [1.165, 1.54) is 22.7 Å². The van der Waals surface area contributed by atoms with Crippen LogP contribution in [0.25, 0.3) is 31.7 Å². The second kappa shape index (κ2) is 10.6. The highest BCUT2D eigenvalue weighted by Crippen LogP contribution is 2.68. The van der Waals surface area contributed by atoms with Crippen LogP contribution in [0.2, 0.25) is 0 Å². The third-order valence-electron chi connectivity index (χ3n) is 8.48. The van der Waals surface area contributed by atoms with Crippen LogP contribution in [0.5, 0.6) is 0 Å². The van der Waals surface area contributed by atoms with Crippen molar-refractivity contribution in [2.24, 2.45) is 5.92 Å². The number of nitrogens with zero attached hydrogens (tertiary/aromatic N) is 5. The topological polar surface area (TPSA) is 85.6 Å². The van der Waals surface area contributed by atoms with Crippen LogP contribution < -0.4 is 5.32 Å². The summed E-state index contributed by atoms with van der Waals surface area (Å²) in [5, 5.41) is 6.52. The van der Waals surface area contributed by atoms with Gasteiger partial charge in [-0.05, 0) is 60.2 Å². The molecule has 7 nitrogen and oxygen atoms in total. The highest BCUT2D eigenvalue weighted by molar-refractivity contribution is 7.17. The number of hydrogen-bond acceptors (Lipinski definition) is 7. The Morgan fingerprint density at radius 1 is 1.00 bits per heavy atom. The highest BCUT2D eigenvalue weighted by atomic mass is 32.1. The van der Waals surface area contributed by atoms with Gasteiger partial charge in [0.2, 0.25) is 5.91 Å². The summed E-state index contributed by atoms with van der Waals surface area (Å²) < 4.78 is 88.9. The number of thiazole rings is 2. The summed E-state index contributed by atoms with van der Waals surface area (Å²) >= 11 is 2.81. The van der Waals surface area contributed by atoms with E-state index in [1.807, 2.05) is 24.3 Å². The van der Waals surface area contributed by atoms with Crippen LogP contribution in [-0.4, -0.2) is 30.6 Å². The van der Waals surface area contributed by atoms with Gasteiger partial charge in [0.1, 0.15) is 29.6 Å². The van der Waals surface area contributed by atoms with Crippen LogP contribution >= 0.6 is 22.7 Å². The first-order valence-electron chi connectivity index (χ1n) is 14.2. The lowest BCUT2D eigenvalue weighted by Crippen LogP contribution is -2.35. The van der Waals surface area contributed by atoms with E-state index in [4.69, 9.17) is 4.98 Å². The Hall–Kier alpha value is -4.37. The normalized spacial score (nSPS) is 18.7. The van der Waals surface area contributed by atoms with Crippen molar-refractivity contribution in [1.82, 2.24) is 30.0 Å². The third-order valence-corrected chi connectivity index (χ3v) is 10.1. The summed E-state index contributed by atoms with van der Waals surface area (Å²) in [6.45, 7) is -0.781. The Morgan fingerprint density at radius 2 is 1.76 bits per heavy atom. The first-order chi connectivity index (χ1) is 22.1. The molecule has 0 saturated heterocycles. The van der Waals surface area contributed by atoms with E-state index in [-0.39, 0.29) is 24.0 Å². The molecule has 2 aliphatic rings. The largest absolute Gasteiger partial charge is 0.346 e. The predicted octanol–water partition coefficient (Wildman–Crippen LogP) is 7.69. The van der Waals surface area contributed by atoms with Crippen LogP contribution in [-0.2, 0) is 23.7 Å². The molecule has 0 spiro atoms. The molecular weight excluding hydrogens is 651 g/mol. The Labute approximate surface area is 263 Å². The average Bonchev–Trinajstić information content (AvgIpc) is 3.28. The van der Waals surface area contributed by atoms with E-state index < -0.39 is 65.7 Å². The third kappa shape index (κ3) is 4.83. The van der Waals surface area contributed by atoms with E-state index in [0.29, 0.717) is 27.1 Å². The van der Waals surface area contributed by atoms with Gasteiger partial charge in [-0.25, -0.2) is 32.5 Å². The minimum absolute atomic E-state index is 0.0874. The number of hydrogen-bond donors (Lipinski definition) is 1. The van der Waals surface area contributed by atoms with Crippen molar-refractivity contribution in [3.63, 3.8) is 0 Å². The quantitative estimate of drug-likeness (QED) is 0.168. The number of halogens is 6. The number of carbonyl (C=O) groups excluding carboxylic acids is 1. The zero-order valence-electron chi connectivity index (χ0n) is 23.4. The molecule has 1 fully saturated rings. The SMILES string of the molecule is O=C(Cn1nc(C(F)F)c2c1C(F)(F)[C@@H]1C[C@H]21)N[C@@H](Cc1cc(F)cc(F)c1)c1nc2ncsc2cc1-c1ccc2scnc2c1. The van der Waals surface area contributed by atoms with Gasteiger partial charge in [0.25, 0.3) is 12.3 Å². The molecule has 0 aliphatic heterocycles. The summed E-state index contributed by atoms with van der Waals surface area (Å²) in [5.74, 6) is -7.69.